The summed E-state index contributed by atoms with van der Waals surface area (Å²) in [5, 5.41) is 4.91. The highest BCUT2D eigenvalue weighted by Crippen LogP contribution is 2.27. The summed E-state index contributed by atoms with van der Waals surface area (Å²) in [7, 11) is 0. The van der Waals surface area contributed by atoms with Crippen LogP contribution in [0.1, 0.15) is 40.5 Å². The van der Waals surface area contributed by atoms with Gasteiger partial charge in [0.1, 0.15) is 17.9 Å². The number of nitrogens with zero attached hydrogens (tertiary/aromatic N) is 4. The van der Waals surface area contributed by atoms with Crippen LogP contribution in [0.4, 0.5) is 5.69 Å². The average Bonchev–Trinajstić information content (AvgIpc) is 3.21. The van der Waals surface area contributed by atoms with E-state index in [4.69, 9.17) is 9.72 Å². The second-order valence-electron chi connectivity index (χ2n) is 9.90. The lowest BCUT2D eigenvalue weighted by molar-refractivity contribution is 0.317. The third-order valence-corrected chi connectivity index (χ3v) is 6.23. The van der Waals surface area contributed by atoms with Crippen LogP contribution in [0, 0.1) is 0 Å². The van der Waals surface area contributed by atoms with Gasteiger partial charge in [-0.3, -0.25) is 4.57 Å². The number of piperidine rings is 1. The fraction of sp³-hybridized carbons (Fsp3) is 0.407. The Morgan fingerprint density at radius 3 is 2.58 bits per heavy atom. The normalized spacial score (nSPS) is 15.5. The lowest BCUT2D eigenvalue weighted by atomic mass is 9.99. The molecule has 0 radical (unpaired) electrons. The molecule has 172 valence electrons. The molecule has 3 heterocycles. The van der Waals surface area contributed by atoms with Crippen LogP contribution in [0.5, 0.6) is 5.75 Å². The summed E-state index contributed by atoms with van der Waals surface area (Å²) in [6, 6.07) is 17.4. The number of ether oxygens (including phenoxy) is 1. The molecule has 4 aromatic rings. The number of anilines is 1. The number of rotatable bonds is 5. The molecule has 0 bridgehead atoms. The van der Waals surface area contributed by atoms with Gasteiger partial charge in [-0.1, -0.05) is 0 Å². The first-order valence-electron chi connectivity index (χ1n) is 11.9. The number of aromatic nitrogens is 3. The lowest BCUT2D eigenvalue weighted by Gasteiger charge is -2.37. The molecule has 0 spiro atoms. The molecule has 5 rings (SSSR count). The highest BCUT2D eigenvalue weighted by Gasteiger charge is 2.23. The Hall–Kier alpha value is -3.12. The second kappa shape index (κ2) is 8.67. The fourth-order valence-electron chi connectivity index (χ4n) is 4.76. The Labute approximate surface area is 195 Å². The topological polar surface area (TPSA) is 55.2 Å². The zero-order chi connectivity index (χ0) is 23.0. The molecule has 33 heavy (non-hydrogen) atoms. The van der Waals surface area contributed by atoms with Crippen LogP contribution in [0.15, 0.2) is 54.9 Å². The molecule has 1 fully saturated rings. The molecule has 1 aliphatic heterocycles. The third kappa shape index (κ3) is 4.67. The number of pyridine rings is 1. The molecule has 1 N–H and O–H groups in total. The molecule has 1 saturated heterocycles. The molecule has 0 amide bonds. The van der Waals surface area contributed by atoms with E-state index in [1.165, 1.54) is 18.5 Å². The van der Waals surface area contributed by atoms with Gasteiger partial charge < -0.3 is 15.0 Å². The van der Waals surface area contributed by atoms with Gasteiger partial charge in [-0.15, -0.1) is 0 Å². The van der Waals surface area contributed by atoms with Gasteiger partial charge in [-0.25, -0.2) is 9.97 Å². The van der Waals surface area contributed by atoms with Crippen molar-refractivity contribution < 1.29 is 4.74 Å². The number of hydrogen-bond acceptors (Lipinski definition) is 5. The Kier molecular flexibility index (Phi) is 5.71. The van der Waals surface area contributed by atoms with Crippen LogP contribution in [-0.2, 0) is 0 Å². The van der Waals surface area contributed by atoms with E-state index in [1.807, 2.05) is 36.0 Å². The number of benzene rings is 2. The van der Waals surface area contributed by atoms with Crippen molar-refractivity contribution in [3.63, 3.8) is 0 Å². The predicted octanol–water partition coefficient (Wildman–Crippen LogP) is 5.33. The van der Waals surface area contributed by atoms with Crippen molar-refractivity contribution in [1.29, 1.82) is 0 Å². The number of nitrogens with one attached hydrogen (secondary N) is 1. The molecule has 6 heteroatoms. The van der Waals surface area contributed by atoms with E-state index >= 15 is 0 Å². The Morgan fingerprint density at radius 1 is 1.00 bits per heavy atom. The van der Waals surface area contributed by atoms with E-state index in [1.54, 1.807) is 0 Å². The van der Waals surface area contributed by atoms with E-state index in [0.717, 1.165) is 46.6 Å². The van der Waals surface area contributed by atoms with Crippen molar-refractivity contribution in [1.82, 2.24) is 19.9 Å². The minimum atomic E-state index is 0.172. The molecule has 1 aliphatic rings. The largest absolute Gasteiger partial charge is 0.494 e. The first kappa shape index (κ1) is 21.7. The van der Waals surface area contributed by atoms with E-state index in [9.17, 15) is 0 Å². The number of hydrogen-bond donors (Lipinski definition) is 1. The summed E-state index contributed by atoms with van der Waals surface area (Å²) >= 11 is 0. The van der Waals surface area contributed by atoms with Crippen molar-refractivity contribution >= 4 is 27.6 Å². The van der Waals surface area contributed by atoms with E-state index in [0.29, 0.717) is 12.6 Å². The minimum absolute atomic E-state index is 0.172. The lowest BCUT2D eigenvalue weighted by Crippen LogP contribution is -2.49. The quantitative estimate of drug-likeness (QED) is 0.452. The van der Waals surface area contributed by atoms with Gasteiger partial charge in [0.25, 0.3) is 0 Å². The van der Waals surface area contributed by atoms with E-state index < -0.39 is 0 Å². The van der Waals surface area contributed by atoms with Crippen molar-refractivity contribution in [3.05, 3.63) is 54.9 Å². The van der Waals surface area contributed by atoms with Crippen molar-refractivity contribution in [2.45, 2.75) is 52.1 Å². The zero-order valence-electron chi connectivity index (χ0n) is 20.0. The van der Waals surface area contributed by atoms with Crippen LogP contribution < -0.4 is 15.0 Å². The molecular weight excluding hydrogens is 410 g/mol. The third-order valence-electron chi connectivity index (χ3n) is 6.23. The summed E-state index contributed by atoms with van der Waals surface area (Å²) in [6.07, 6.45) is 4.18. The van der Waals surface area contributed by atoms with Gasteiger partial charge in [-0.2, -0.15) is 0 Å². The van der Waals surface area contributed by atoms with Crippen LogP contribution in [0.25, 0.3) is 27.8 Å². The van der Waals surface area contributed by atoms with Crippen LogP contribution >= 0.6 is 0 Å². The van der Waals surface area contributed by atoms with E-state index in [-0.39, 0.29) is 5.54 Å². The van der Waals surface area contributed by atoms with Gasteiger partial charge in [-0.05, 0) is 83.0 Å². The number of fused-ring (bicyclic) bond motifs is 2. The van der Waals surface area contributed by atoms with Gasteiger partial charge in [0.2, 0.25) is 0 Å². The maximum absolute atomic E-state index is 5.60. The molecule has 0 aliphatic carbocycles. The van der Waals surface area contributed by atoms with Crippen LogP contribution in [0.3, 0.4) is 0 Å². The summed E-state index contributed by atoms with van der Waals surface area (Å²) in [5.41, 5.74) is 4.37. The Bertz CT molecular complexity index is 1260. The average molecular weight is 444 g/mol. The van der Waals surface area contributed by atoms with Crippen LogP contribution in [-0.4, -0.2) is 45.8 Å². The molecule has 0 saturated carbocycles. The standard InChI is InChI=1S/C27H33N5O/c1-5-33-22-8-10-25-24(17-22)28-18-32(25)26-11-6-19-16-21(7-9-23(19)29-26)31-14-12-20(13-15-31)30-27(2,3)4/h6-11,16-18,20,30H,5,12-15H2,1-4H3. The molecule has 0 unspecified atom stereocenters. The first-order valence-corrected chi connectivity index (χ1v) is 11.9. The first-order chi connectivity index (χ1) is 15.9. The van der Waals surface area contributed by atoms with Crippen molar-refractivity contribution in [2.75, 3.05) is 24.6 Å². The maximum Gasteiger partial charge on any atom is 0.139 e. The van der Waals surface area contributed by atoms with Crippen LogP contribution in [0.2, 0.25) is 0 Å². The highest BCUT2D eigenvalue weighted by atomic mass is 16.5. The van der Waals surface area contributed by atoms with E-state index in [2.05, 4.69) is 66.3 Å². The van der Waals surface area contributed by atoms with Gasteiger partial charge in [0.15, 0.2) is 0 Å². The van der Waals surface area contributed by atoms with Crippen molar-refractivity contribution in [3.8, 4) is 11.6 Å². The zero-order valence-corrected chi connectivity index (χ0v) is 20.0. The summed E-state index contributed by atoms with van der Waals surface area (Å²) in [4.78, 5) is 12.0. The molecule has 2 aromatic carbocycles. The second-order valence-corrected chi connectivity index (χ2v) is 9.90. The maximum atomic E-state index is 5.60. The molecule has 6 nitrogen and oxygen atoms in total. The highest BCUT2D eigenvalue weighted by molar-refractivity contribution is 5.84. The monoisotopic (exact) mass is 443 g/mol. The smallest absolute Gasteiger partial charge is 0.139 e. The van der Waals surface area contributed by atoms with Gasteiger partial charge in [0.05, 0.1) is 23.2 Å². The molecular formula is C27H33N5O. The van der Waals surface area contributed by atoms with Gasteiger partial charge in [0, 0.05) is 41.8 Å². The minimum Gasteiger partial charge on any atom is -0.494 e. The van der Waals surface area contributed by atoms with Gasteiger partial charge >= 0.3 is 0 Å². The SMILES string of the molecule is CCOc1ccc2c(c1)ncn2-c1ccc2cc(N3CCC(NC(C)(C)C)CC3)ccc2n1. The number of imidazole rings is 1. The summed E-state index contributed by atoms with van der Waals surface area (Å²) in [5.74, 6) is 1.71. The molecule has 2 aromatic heterocycles. The van der Waals surface area contributed by atoms with Crippen molar-refractivity contribution in [2.24, 2.45) is 0 Å². The predicted molar refractivity (Wildman–Crippen MR) is 136 cm³/mol. The Balaban J connectivity index is 1.35. The summed E-state index contributed by atoms with van der Waals surface area (Å²) in [6.45, 7) is 11.5. The fourth-order valence-corrected chi connectivity index (χ4v) is 4.76. The summed E-state index contributed by atoms with van der Waals surface area (Å²) < 4.78 is 7.64. The Morgan fingerprint density at radius 2 is 1.82 bits per heavy atom. The molecule has 0 atom stereocenters.